The van der Waals surface area contributed by atoms with Crippen LogP contribution in [0, 0.1) is 5.92 Å². The Morgan fingerprint density at radius 3 is 2.03 bits per heavy atom. The Morgan fingerprint density at radius 1 is 0.871 bits per heavy atom. The van der Waals surface area contributed by atoms with E-state index in [0.29, 0.717) is 18.9 Å². The van der Waals surface area contributed by atoms with Crippen LogP contribution in [0.5, 0.6) is 0 Å². The summed E-state index contributed by atoms with van der Waals surface area (Å²) in [5.41, 5.74) is 0.920. The minimum Gasteiger partial charge on any atom is -0.445 e. The molecule has 1 rings (SSSR count). The SMILES string of the molecule is CCCCCCCCCCCCNC(=O)C(CC(C)C)NC(=O)OCc1ccccc1. The van der Waals surface area contributed by atoms with Gasteiger partial charge in [0, 0.05) is 6.54 Å². The molecule has 0 saturated carbocycles. The molecule has 1 atom stereocenters. The van der Waals surface area contributed by atoms with E-state index in [1.165, 1.54) is 51.4 Å². The fraction of sp³-hybridized carbons (Fsp3) is 0.692. The van der Waals surface area contributed by atoms with Gasteiger partial charge in [0.15, 0.2) is 0 Å². The molecule has 5 nitrogen and oxygen atoms in total. The summed E-state index contributed by atoms with van der Waals surface area (Å²) < 4.78 is 5.27. The molecule has 0 saturated heterocycles. The van der Waals surface area contributed by atoms with Crippen LogP contribution in [0.3, 0.4) is 0 Å². The van der Waals surface area contributed by atoms with Crippen LogP contribution in [0.1, 0.15) is 97.0 Å². The van der Waals surface area contributed by atoms with Crippen molar-refractivity contribution in [3.63, 3.8) is 0 Å². The largest absolute Gasteiger partial charge is 0.445 e. The van der Waals surface area contributed by atoms with Crippen molar-refractivity contribution < 1.29 is 14.3 Å². The van der Waals surface area contributed by atoms with E-state index in [-0.39, 0.29) is 12.5 Å². The molecule has 2 amide bonds. The number of hydrogen-bond donors (Lipinski definition) is 2. The number of carbonyl (C=O) groups excluding carboxylic acids is 2. The summed E-state index contributed by atoms with van der Waals surface area (Å²) in [6, 6.07) is 8.96. The summed E-state index contributed by atoms with van der Waals surface area (Å²) in [5, 5.41) is 5.72. The van der Waals surface area contributed by atoms with Gasteiger partial charge >= 0.3 is 6.09 Å². The molecule has 0 bridgehead atoms. The van der Waals surface area contributed by atoms with Crippen molar-refractivity contribution in [3.8, 4) is 0 Å². The second-order valence-electron chi connectivity index (χ2n) is 8.86. The molecule has 0 heterocycles. The lowest BCUT2D eigenvalue weighted by Crippen LogP contribution is -2.47. The normalized spacial score (nSPS) is 11.9. The van der Waals surface area contributed by atoms with Crippen LogP contribution in [-0.2, 0) is 16.1 Å². The van der Waals surface area contributed by atoms with Gasteiger partial charge in [-0.3, -0.25) is 4.79 Å². The number of benzene rings is 1. The zero-order chi connectivity index (χ0) is 22.7. The molecule has 0 aliphatic carbocycles. The Hall–Kier alpha value is -2.04. The van der Waals surface area contributed by atoms with Crippen molar-refractivity contribution in [2.75, 3.05) is 6.54 Å². The van der Waals surface area contributed by atoms with Crippen molar-refractivity contribution in [2.24, 2.45) is 5.92 Å². The van der Waals surface area contributed by atoms with E-state index >= 15 is 0 Å². The highest BCUT2D eigenvalue weighted by molar-refractivity contribution is 5.85. The molecule has 0 aliphatic rings. The number of amides is 2. The first-order valence-electron chi connectivity index (χ1n) is 12.3. The van der Waals surface area contributed by atoms with E-state index in [9.17, 15) is 9.59 Å². The molecular weight excluding hydrogens is 388 g/mol. The highest BCUT2D eigenvalue weighted by Gasteiger charge is 2.22. The number of rotatable bonds is 17. The van der Waals surface area contributed by atoms with E-state index in [1.807, 2.05) is 44.2 Å². The molecular formula is C26H44N2O3. The molecule has 1 unspecified atom stereocenters. The second-order valence-corrected chi connectivity index (χ2v) is 8.86. The van der Waals surface area contributed by atoms with Crippen LogP contribution in [0.15, 0.2) is 30.3 Å². The molecule has 0 fully saturated rings. The lowest BCUT2D eigenvalue weighted by atomic mass is 10.0. The Bertz CT molecular complexity index is 590. The molecule has 0 aromatic heterocycles. The van der Waals surface area contributed by atoms with Crippen LogP contribution >= 0.6 is 0 Å². The van der Waals surface area contributed by atoms with Gasteiger partial charge in [-0.2, -0.15) is 0 Å². The van der Waals surface area contributed by atoms with Gasteiger partial charge < -0.3 is 15.4 Å². The topological polar surface area (TPSA) is 67.4 Å². The Labute approximate surface area is 189 Å². The lowest BCUT2D eigenvalue weighted by Gasteiger charge is -2.20. The summed E-state index contributed by atoms with van der Waals surface area (Å²) in [4.78, 5) is 24.7. The minimum absolute atomic E-state index is 0.124. The van der Waals surface area contributed by atoms with Gasteiger partial charge in [-0.25, -0.2) is 4.79 Å². The number of alkyl carbamates (subject to hydrolysis) is 1. The van der Waals surface area contributed by atoms with Crippen molar-refractivity contribution >= 4 is 12.0 Å². The number of ether oxygens (including phenoxy) is 1. The molecule has 31 heavy (non-hydrogen) atoms. The number of hydrogen-bond acceptors (Lipinski definition) is 3. The second kappa shape index (κ2) is 17.6. The standard InChI is InChI=1S/C26H44N2O3/c1-4-5-6-7-8-9-10-11-12-16-19-27-25(29)24(20-22(2)3)28-26(30)31-21-23-17-14-13-15-18-23/h13-15,17-18,22,24H,4-12,16,19-21H2,1-3H3,(H,27,29)(H,28,30). The average Bonchev–Trinajstić information content (AvgIpc) is 2.76. The maximum absolute atomic E-state index is 12.6. The third kappa shape index (κ3) is 14.6. The van der Waals surface area contributed by atoms with Crippen LogP contribution < -0.4 is 10.6 Å². The first-order valence-corrected chi connectivity index (χ1v) is 12.3. The van der Waals surface area contributed by atoms with E-state index < -0.39 is 12.1 Å². The molecule has 1 aromatic carbocycles. The maximum Gasteiger partial charge on any atom is 0.408 e. The highest BCUT2D eigenvalue weighted by Crippen LogP contribution is 2.10. The number of nitrogens with one attached hydrogen (secondary N) is 2. The fourth-order valence-corrected chi connectivity index (χ4v) is 3.56. The van der Waals surface area contributed by atoms with Gasteiger partial charge in [0.1, 0.15) is 12.6 Å². The van der Waals surface area contributed by atoms with E-state index in [4.69, 9.17) is 4.74 Å². The Kier molecular flexibility index (Phi) is 15.3. The summed E-state index contributed by atoms with van der Waals surface area (Å²) >= 11 is 0. The highest BCUT2D eigenvalue weighted by atomic mass is 16.5. The van der Waals surface area contributed by atoms with Crippen LogP contribution in [-0.4, -0.2) is 24.6 Å². The van der Waals surface area contributed by atoms with Gasteiger partial charge in [-0.15, -0.1) is 0 Å². The predicted octanol–water partition coefficient (Wildman–Crippen LogP) is 6.36. The van der Waals surface area contributed by atoms with Gasteiger partial charge in [-0.05, 0) is 24.3 Å². The van der Waals surface area contributed by atoms with Crippen LogP contribution in [0.4, 0.5) is 4.79 Å². The van der Waals surface area contributed by atoms with Crippen LogP contribution in [0.25, 0.3) is 0 Å². The first kappa shape index (κ1) is 27.0. The van der Waals surface area contributed by atoms with Crippen molar-refractivity contribution in [1.29, 1.82) is 0 Å². The zero-order valence-corrected chi connectivity index (χ0v) is 20.0. The van der Waals surface area contributed by atoms with Gasteiger partial charge in [0.25, 0.3) is 0 Å². The molecule has 1 aromatic rings. The summed E-state index contributed by atoms with van der Waals surface area (Å²) in [6.07, 6.45) is 12.7. The van der Waals surface area contributed by atoms with Crippen LogP contribution in [0.2, 0.25) is 0 Å². The first-order chi connectivity index (χ1) is 15.0. The van der Waals surface area contributed by atoms with Crippen molar-refractivity contribution in [3.05, 3.63) is 35.9 Å². The van der Waals surface area contributed by atoms with E-state index in [2.05, 4.69) is 17.6 Å². The monoisotopic (exact) mass is 432 g/mol. The average molecular weight is 433 g/mol. The summed E-state index contributed by atoms with van der Waals surface area (Å²) in [7, 11) is 0. The third-order valence-corrected chi connectivity index (χ3v) is 5.36. The van der Waals surface area contributed by atoms with Gasteiger partial charge in [0.2, 0.25) is 5.91 Å². The lowest BCUT2D eigenvalue weighted by molar-refractivity contribution is -0.123. The molecule has 0 aliphatic heterocycles. The third-order valence-electron chi connectivity index (χ3n) is 5.36. The van der Waals surface area contributed by atoms with Gasteiger partial charge in [0.05, 0.1) is 0 Å². The summed E-state index contributed by atoms with van der Waals surface area (Å²) in [6.45, 7) is 7.18. The van der Waals surface area contributed by atoms with E-state index in [1.54, 1.807) is 0 Å². The molecule has 0 spiro atoms. The van der Waals surface area contributed by atoms with Crippen molar-refractivity contribution in [2.45, 2.75) is 104 Å². The fourth-order valence-electron chi connectivity index (χ4n) is 3.56. The number of unbranched alkanes of at least 4 members (excludes halogenated alkanes) is 9. The smallest absolute Gasteiger partial charge is 0.408 e. The quantitative estimate of drug-likeness (QED) is 0.281. The molecule has 0 radical (unpaired) electrons. The molecule has 176 valence electrons. The molecule has 5 heteroatoms. The zero-order valence-electron chi connectivity index (χ0n) is 20.0. The number of carbonyl (C=O) groups is 2. The van der Waals surface area contributed by atoms with E-state index in [0.717, 1.165) is 18.4 Å². The molecule has 2 N–H and O–H groups in total. The maximum atomic E-state index is 12.6. The minimum atomic E-state index is -0.564. The Balaban J connectivity index is 2.20. The predicted molar refractivity (Wildman–Crippen MR) is 128 cm³/mol. The Morgan fingerprint density at radius 2 is 1.45 bits per heavy atom. The van der Waals surface area contributed by atoms with Crippen molar-refractivity contribution in [1.82, 2.24) is 10.6 Å². The van der Waals surface area contributed by atoms with Gasteiger partial charge in [-0.1, -0.05) is 109 Å². The summed E-state index contributed by atoms with van der Waals surface area (Å²) in [5.74, 6) is 0.170.